The zero-order valence-electron chi connectivity index (χ0n) is 28.5. The van der Waals surface area contributed by atoms with Gasteiger partial charge in [0.15, 0.2) is 0 Å². The van der Waals surface area contributed by atoms with E-state index in [2.05, 4.69) is 43.5 Å². The number of unbranched alkanes of at least 4 members (excludes halogenated alkanes) is 20. The van der Waals surface area contributed by atoms with E-state index in [9.17, 15) is 22.9 Å². The van der Waals surface area contributed by atoms with Crippen LogP contribution >= 0.6 is 0 Å². The number of rotatable bonds is 32. The molecular weight excluding hydrogens is 570 g/mol. The fraction of sp³-hybridized carbons (Fsp3) is 0.811. The highest BCUT2D eigenvalue weighted by Crippen LogP contribution is 2.13. The molecule has 0 saturated carbocycles. The number of hydrogen-bond acceptors (Lipinski definition) is 4. The Morgan fingerprint density at radius 2 is 1.02 bits per heavy atom. The van der Waals surface area contributed by atoms with Gasteiger partial charge in [0.2, 0.25) is 5.91 Å². The highest BCUT2D eigenvalue weighted by atomic mass is 32.2. The van der Waals surface area contributed by atoms with Crippen molar-refractivity contribution in [1.29, 1.82) is 0 Å². The lowest BCUT2D eigenvalue weighted by molar-refractivity contribution is -0.122. The van der Waals surface area contributed by atoms with E-state index in [4.69, 9.17) is 0 Å². The smallest absolute Gasteiger partial charge is 0.267 e. The molecule has 258 valence electrons. The third-order valence-electron chi connectivity index (χ3n) is 8.06. The number of aliphatic hydroxyl groups is 1. The van der Waals surface area contributed by atoms with Crippen molar-refractivity contribution in [3.63, 3.8) is 0 Å². The van der Waals surface area contributed by atoms with Gasteiger partial charge in [0, 0.05) is 6.42 Å². The molecule has 0 aromatic rings. The van der Waals surface area contributed by atoms with Crippen LogP contribution in [0.3, 0.4) is 0 Å². The summed E-state index contributed by atoms with van der Waals surface area (Å²) < 4.78 is 32.1. The Morgan fingerprint density at radius 3 is 1.50 bits per heavy atom. The van der Waals surface area contributed by atoms with Gasteiger partial charge in [0.1, 0.15) is 0 Å². The zero-order valence-corrected chi connectivity index (χ0v) is 29.3. The van der Waals surface area contributed by atoms with Crippen molar-refractivity contribution in [3.05, 3.63) is 36.5 Å². The lowest BCUT2D eigenvalue weighted by Gasteiger charge is -2.21. The third kappa shape index (κ3) is 32.0. The summed E-state index contributed by atoms with van der Waals surface area (Å²) in [6.07, 6.45) is 40.2. The van der Waals surface area contributed by atoms with E-state index >= 15 is 0 Å². The van der Waals surface area contributed by atoms with Gasteiger partial charge < -0.3 is 10.4 Å². The van der Waals surface area contributed by atoms with Gasteiger partial charge >= 0.3 is 0 Å². The SMILES string of the molecule is CCCCCC/C=C/C(O)C(CS(=O)(=O)O)NC(=O)CCCCCCCCCCCCC/C=C\C/C=C\CCCCCCC. The van der Waals surface area contributed by atoms with Crippen LogP contribution in [0.15, 0.2) is 36.5 Å². The minimum absolute atomic E-state index is 0.287. The molecule has 0 aliphatic rings. The van der Waals surface area contributed by atoms with Crippen molar-refractivity contribution in [3.8, 4) is 0 Å². The first-order valence-electron chi connectivity index (χ1n) is 18.2. The Morgan fingerprint density at radius 1 is 0.614 bits per heavy atom. The van der Waals surface area contributed by atoms with Crippen molar-refractivity contribution >= 4 is 16.0 Å². The average molecular weight is 640 g/mol. The molecule has 44 heavy (non-hydrogen) atoms. The highest BCUT2D eigenvalue weighted by molar-refractivity contribution is 7.85. The minimum atomic E-state index is -4.33. The summed E-state index contributed by atoms with van der Waals surface area (Å²) in [5.41, 5.74) is 0. The summed E-state index contributed by atoms with van der Waals surface area (Å²) in [6, 6.07) is -1.05. The van der Waals surface area contributed by atoms with E-state index < -0.39 is 28.0 Å². The zero-order chi connectivity index (χ0) is 32.6. The largest absolute Gasteiger partial charge is 0.387 e. The van der Waals surface area contributed by atoms with Crippen molar-refractivity contribution in [2.75, 3.05) is 5.75 Å². The maximum Gasteiger partial charge on any atom is 0.267 e. The van der Waals surface area contributed by atoms with E-state index in [1.807, 2.05) is 6.08 Å². The molecule has 7 heteroatoms. The van der Waals surface area contributed by atoms with Gasteiger partial charge in [-0.25, -0.2) is 0 Å². The first kappa shape index (κ1) is 42.6. The monoisotopic (exact) mass is 639 g/mol. The molecule has 2 unspecified atom stereocenters. The van der Waals surface area contributed by atoms with E-state index in [1.54, 1.807) is 0 Å². The lowest BCUT2D eigenvalue weighted by atomic mass is 10.0. The molecule has 0 aliphatic carbocycles. The number of allylic oxidation sites excluding steroid dienone is 5. The van der Waals surface area contributed by atoms with Gasteiger partial charge in [-0.2, -0.15) is 8.42 Å². The number of carbonyl (C=O) groups excluding carboxylic acids is 1. The average Bonchev–Trinajstić information content (AvgIpc) is 2.98. The van der Waals surface area contributed by atoms with Crippen molar-refractivity contribution in [2.24, 2.45) is 0 Å². The molecule has 0 saturated heterocycles. The molecule has 0 radical (unpaired) electrons. The first-order chi connectivity index (χ1) is 21.3. The Balaban J connectivity index is 3.76. The molecular formula is C37H69NO5S. The maximum absolute atomic E-state index is 12.4. The number of hydrogen-bond donors (Lipinski definition) is 3. The van der Waals surface area contributed by atoms with Gasteiger partial charge in [-0.1, -0.05) is 153 Å². The van der Waals surface area contributed by atoms with Crippen molar-refractivity contribution < 1.29 is 22.9 Å². The molecule has 0 aliphatic heterocycles. The van der Waals surface area contributed by atoms with Crippen LogP contribution in [0.1, 0.15) is 174 Å². The molecule has 3 N–H and O–H groups in total. The molecule has 0 aromatic heterocycles. The summed E-state index contributed by atoms with van der Waals surface area (Å²) in [7, 11) is -4.33. The van der Waals surface area contributed by atoms with E-state index in [1.165, 1.54) is 102 Å². The van der Waals surface area contributed by atoms with E-state index in [-0.39, 0.29) is 5.91 Å². The first-order valence-corrected chi connectivity index (χ1v) is 19.8. The summed E-state index contributed by atoms with van der Waals surface area (Å²) in [4.78, 5) is 12.4. The molecule has 0 fully saturated rings. The summed E-state index contributed by atoms with van der Waals surface area (Å²) >= 11 is 0. The predicted molar refractivity (Wildman–Crippen MR) is 189 cm³/mol. The Labute approximate surface area is 272 Å². The normalized spacial score (nSPS) is 13.8. The van der Waals surface area contributed by atoms with Gasteiger partial charge in [-0.3, -0.25) is 9.35 Å². The molecule has 6 nitrogen and oxygen atoms in total. The van der Waals surface area contributed by atoms with Gasteiger partial charge in [-0.15, -0.1) is 0 Å². The fourth-order valence-corrected chi connectivity index (χ4v) is 6.04. The van der Waals surface area contributed by atoms with E-state index in [0.29, 0.717) is 6.42 Å². The van der Waals surface area contributed by atoms with Crippen molar-refractivity contribution in [1.82, 2.24) is 5.32 Å². The number of carbonyl (C=O) groups is 1. The van der Waals surface area contributed by atoms with Crippen LogP contribution in [0.5, 0.6) is 0 Å². The second kappa shape index (κ2) is 31.5. The summed E-state index contributed by atoms with van der Waals surface area (Å²) in [6.45, 7) is 4.40. The Hall–Kier alpha value is -1.44. The Bertz CT molecular complexity index is 837. The lowest BCUT2D eigenvalue weighted by Crippen LogP contribution is -2.46. The molecule has 0 aromatic carbocycles. The predicted octanol–water partition coefficient (Wildman–Crippen LogP) is 10.2. The number of amides is 1. The molecule has 0 rings (SSSR count). The third-order valence-corrected chi connectivity index (χ3v) is 8.84. The summed E-state index contributed by atoms with van der Waals surface area (Å²) in [5.74, 6) is -0.987. The molecule has 2 atom stereocenters. The molecule has 0 spiro atoms. The van der Waals surface area contributed by atoms with Crippen LogP contribution < -0.4 is 5.32 Å². The highest BCUT2D eigenvalue weighted by Gasteiger charge is 2.24. The van der Waals surface area contributed by atoms with Crippen LogP contribution in [0, 0.1) is 0 Å². The Kier molecular flexibility index (Phi) is 30.5. The minimum Gasteiger partial charge on any atom is -0.387 e. The standard InChI is InChI=1S/C37H69NO5S/c1-3-5-7-9-11-12-13-14-15-16-17-18-19-20-21-22-23-24-25-26-27-29-31-33-37(40)38-35(34-44(41,42)43)36(39)32-30-28-10-8-6-4-2/h13-14,16-17,30,32,35-36,39H,3-12,15,18-29,31,33-34H2,1-2H3,(H,38,40)(H,41,42,43)/b14-13-,17-16-,32-30+. The molecule has 0 heterocycles. The van der Waals surface area contributed by atoms with Gasteiger partial charge in [0.05, 0.1) is 17.9 Å². The van der Waals surface area contributed by atoms with Crippen LogP contribution in [0.2, 0.25) is 0 Å². The number of aliphatic hydroxyl groups excluding tert-OH is 1. The second-order valence-electron chi connectivity index (χ2n) is 12.5. The topological polar surface area (TPSA) is 104 Å². The van der Waals surface area contributed by atoms with Gasteiger partial charge in [-0.05, 0) is 51.4 Å². The fourth-order valence-electron chi connectivity index (χ4n) is 5.30. The quantitative estimate of drug-likeness (QED) is 0.0386. The van der Waals surface area contributed by atoms with E-state index in [0.717, 1.165) is 57.8 Å². The van der Waals surface area contributed by atoms with Crippen LogP contribution in [0.4, 0.5) is 0 Å². The van der Waals surface area contributed by atoms with Crippen LogP contribution in [0.25, 0.3) is 0 Å². The van der Waals surface area contributed by atoms with Crippen molar-refractivity contribution in [2.45, 2.75) is 187 Å². The van der Waals surface area contributed by atoms with Crippen LogP contribution in [-0.4, -0.2) is 41.9 Å². The van der Waals surface area contributed by atoms with Gasteiger partial charge in [0.25, 0.3) is 10.1 Å². The second-order valence-corrected chi connectivity index (χ2v) is 14.0. The summed E-state index contributed by atoms with van der Waals surface area (Å²) in [5, 5.41) is 13.0. The van der Waals surface area contributed by atoms with Crippen LogP contribution in [-0.2, 0) is 14.9 Å². The molecule has 0 bridgehead atoms. The maximum atomic E-state index is 12.4. The number of nitrogens with one attached hydrogen (secondary N) is 1. The molecule has 1 amide bonds.